The number of rotatable bonds is 6. The average molecular weight is 416 g/mol. The van der Waals surface area contributed by atoms with Crippen LogP contribution in [-0.4, -0.2) is 34.6 Å². The number of nitrogens with zero attached hydrogens (tertiary/aromatic N) is 2. The Labute approximate surface area is 234 Å². The van der Waals surface area contributed by atoms with Gasteiger partial charge in [0.2, 0.25) is 0 Å². The zero-order chi connectivity index (χ0) is 16.3. The van der Waals surface area contributed by atoms with Gasteiger partial charge in [-0.2, -0.15) is 0 Å². The molecule has 0 aliphatic carbocycles. The molecule has 0 fully saturated rings. The van der Waals surface area contributed by atoms with E-state index in [1.165, 1.54) is 0 Å². The molecule has 0 aliphatic rings. The summed E-state index contributed by atoms with van der Waals surface area (Å²) < 4.78 is 2.05. The third-order valence-electron chi connectivity index (χ3n) is 2.82. The van der Waals surface area contributed by atoms with Crippen LogP contribution < -0.4 is 118 Å². The SMILES string of the molecule is O=C([O-])CN(CC(=O)[O-])c1cccc(-n2cc(S)[nH]c2=S)c1.[K+].[K+]. The van der Waals surface area contributed by atoms with E-state index >= 15 is 0 Å². The first-order valence-electron chi connectivity index (χ1n) is 6.12. The van der Waals surface area contributed by atoms with E-state index in [-0.39, 0.29) is 103 Å². The van der Waals surface area contributed by atoms with Gasteiger partial charge in [0.1, 0.15) is 0 Å². The van der Waals surface area contributed by atoms with Crippen LogP contribution in [-0.2, 0) is 9.59 Å². The number of thiol groups is 1. The molecule has 0 spiro atoms. The van der Waals surface area contributed by atoms with E-state index in [1.54, 1.807) is 35.0 Å². The van der Waals surface area contributed by atoms with Crippen molar-refractivity contribution < 1.29 is 123 Å². The molecule has 0 aliphatic heterocycles. The second kappa shape index (κ2) is 11.7. The number of carbonyl (C=O) groups excluding carboxylic acids is 2. The molecule has 1 aromatic carbocycles. The largest absolute Gasteiger partial charge is 1.00 e. The number of carbonyl (C=O) groups is 2. The minimum absolute atomic E-state index is 0. The van der Waals surface area contributed by atoms with Crippen LogP contribution in [0.15, 0.2) is 35.5 Å². The van der Waals surface area contributed by atoms with E-state index in [0.717, 1.165) is 4.90 Å². The maximum absolute atomic E-state index is 10.8. The van der Waals surface area contributed by atoms with Crippen LogP contribution >= 0.6 is 24.8 Å². The van der Waals surface area contributed by atoms with Crippen molar-refractivity contribution in [3.8, 4) is 5.69 Å². The number of carboxylic acid groups (broad SMARTS) is 2. The van der Waals surface area contributed by atoms with Crippen molar-refractivity contribution in [2.45, 2.75) is 5.03 Å². The third kappa shape index (κ3) is 7.33. The fourth-order valence-electron chi connectivity index (χ4n) is 1.96. The van der Waals surface area contributed by atoms with E-state index in [2.05, 4.69) is 17.6 Å². The Hall–Kier alpha value is 1.01. The summed E-state index contributed by atoms with van der Waals surface area (Å²) >= 11 is 9.30. The molecule has 116 valence electrons. The van der Waals surface area contributed by atoms with Crippen molar-refractivity contribution in [3.05, 3.63) is 35.2 Å². The molecule has 2 rings (SSSR count). The number of benzene rings is 1. The topological polar surface area (TPSA) is 104 Å². The Morgan fingerprint density at radius 1 is 1.21 bits per heavy atom. The first-order valence-corrected chi connectivity index (χ1v) is 6.98. The monoisotopic (exact) mass is 415 g/mol. The Bertz CT molecular complexity index is 763. The molecule has 2 aromatic rings. The van der Waals surface area contributed by atoms with Crippen LogP contribution in [0, 0.1) is 4.77 Å². The Morgan fingerprint density at radius 3 is 2.25 bits per heavy atom. The van der Waals surface area contributed by atoms with Gasteiger partial charge in [-0.3, -0.25) is 4.57 Å². The van der Waals surface area contributed by atoms with Gasteiger partial charge in [0.25, 0.3) is 0 Å². The maximum Gasteiger partial charge on any atom is 1.00 e. The summed E-state index contributed by atoms with van der Waals surface area (Å²) in [5.41, 5.74) is 1.04. The van der Waals surface area contributed by atoms with E-state index in [9.17, 15) is 19.8 Å². The summed E-state index contributed by atoms with van der Waals surface area (Å²) in [6.07, 6.45) is 1.66. The number of nitrogens with one attached hydrogen (secondary N) is 1. The molecular weight excluding hydrogens is 404 g/mol. The van der Waals surface area contributed by atoms with Crippen molar-refractivity contribution >= 4 is 42.5 Å². The quantitative estimate of drug-likeness (QED) is 0.276. The molecule has 0 amide bonds. The molecule has 0 saturated heterocycles. The van der Waals surface area contributed by atoms with E-state index in [4.69, 9.17) is 12.2 Å². The normalized spacial score (nSPS) is 9.54. The molecular formula is C13H11K2N3O4S2. The molecule has 0 unspecified atom stereocenters. The summed E-state index contributed by atoms with van der Waals surface area (Å²) in [4.78, 5) is 25.5. The molecule has 24 heavy (non-hydrogen) atoms. The van der Waals surface area contributed by atoms with Crippen LogP contribution in [0.25, 0.3) is 5.69 Å². The van der Waals surface area contributed by atoms with Crippen molar-refractivity contribution in [2.75, 3.05) is 18.0 Å². The fraction of sp³-hybridized carbons (Fsp3) is 0.154. The molecule has 1 aromatic heterocycles. The van der Waals surface area contributed by atoms with Gasteiger partial charge in [-0.05, 0) is 30.4 Å². The molecule has 0 bridgehead atoms. The summed E-state index contributed by atoms with van der Waals surface area (Å²) in [6, 6.07) is 6.61. The Balaban J connectivity index is 0.00000264. The number of aliphatic carboxylic acids is 2. The number of aromatic nitrogens is 2. The first kappa shape index (κ1) is 25.0. The maximum atomic E-state index is 10.8. The summed E-state index contributed by atoms with van der Waals surface area (Å²) in [5, 5.41) is 22.1. The summed E-state index contributed by atoms with van der Waals surface area (Å²) in [7, 11) is 0. The average Bonchev–Trinajstić information content (AvgIpc) is 2.76. The summed E-state index contributed by atoms with van der Waals surface area (Å²) in [5.74, 6) is -2.77. The Morgan fingerprint density at radius 2 is 1.79 bits per heavy atom. The van der Waals surface area contributed by atoms with E-state index in [1.807, 2.05) is 0 Å². The van der Waals surface area contributed by atoms with Gasteiger partial charge in [-0.1, -0.05) is 6.07 Å². The number of H-pyrrole nitrogens is 1. The predicted octanol–water partition coefficient (Wildman–Crippen LogP) is -6.86. The fourth-order valence-corrected chi connectivity index (χ4v) is 2.53. The minimum atomic E-state index is -1.39. The number of aromatic amines is 1. The van der Waals surface area contributed by atoms with Gasteiger partial charge in [0.05, 0.1) is 30.1 Å². The van der Waals surface area contributed by atoms with Gasteiger partial charge in [0.15, 0.2) is 4.77 Å². The van der Waals surface area contributed by atoms with Crippen molar-refractivity contribution in [1.82, 2.24) is 9.55 Å². The van der Waals surface area contributed by atoms with E-state index < -0.39 is 25.0 Å². The van der Waals surface area contributed by atoms with Crippen molar-refractivity contribution in [3.63, 3.8) is 0 Å². The Kier molecular flexibility index (Phi) is 12.2. The molecule has 1 N–H and O–H groups in total. The second-order valence-electron chi connectivity index (χ2n) is 4.43. The van der Waals surface area contributed by atoms with Gasteiger partial charge < -0.3 is 29.7 Å². The molecule has 0 saturated carbocycles. The molecule has 0 radical (unpaired) electrons. The number of imidazole rings is 1. The minimum Gasteiger partial charge on any atom is -0.548 e. The van der Waals surface area contributed by atoms with Crippen LogP contribution in [0.1, 0.15) is 0 Å². The van der Waals surface area contributed by atoms with Crippen LogP contribution in [0.5, 0.6) is 0 Å². The van der Waals surface area contributed by atoms with Gasteiger partial charge in [0, 0.05) is 17.6 Å². The van der Waals surface area contributed by atoms with Crippen LogP contribution in [0.4, 0.5) is 5.69 Å². The van der Waals surface area contributed by atoms with Crippen molar-refractivity contribution in [1.29, 1.82) is 0 Å². The number of carboxylic acids is 2. The van der Waals surface area contributed by atoms with Crippen LogP contribution in [0.2, 0.25) is 0 Å². The molecule has 0 atom stereocenters. The van der Waals surface area contributed by atoms with Gasteiger partial charge in [-0.25, -0.2) is 0 Å². The van der Waals surface area contributed by atoms with Gasteiger partial charge in [-0.15, -0.1) is 12.6 Å². The van der Waals surface area contributed by atoms with Gasteiger partial charge >= 0.3 is 103 Å². The smallest absolute Gasteiger partial charge is 0.548 e. The zero-order valence-electron chi connectivity index (χ0n) is 13.2. The standard InChI is InChI=1S/C13H13N3O4S2.2K/c17-11(18)6-15(7-12(19)20)8-2-1-3-9(4-8)16-5-10(21)14-13(16)22;;/h1-5,21H,6-7H2,(H,14,22)(H,17,18)(H,19,20);;/q;2*+1/p-2. The predicted molar refractivity (Wildman–Crippen MR) is 80.4 cm³/mol. The first-order chi connectivity index (χ1) is 10.4. The van der Waals surface area contributed by atoms with Crippen molar-refractivity contribution in [2.24, 2.45) is 0 Å². The number of anilines is 1. The number of hydrogen-bond donors (Lipinski definition) is 2. The van der Waals surface area contributed by atoms with Crippen LogP contribution in [0.3, 0.4) is 0 Å². The summed E-state index contributed by atoms with van der Waals surface area (Å²) in [6.45, 7) is -1.12. The second-order valence-corrected chi connectivity index (χ2v) is 5.30. The van der Waals surface area contributed by atoms with E-state index in [0.29, 0.717) is 21.2 Å². The zero-order valence-corrected chi connectivity index (χ0v) is 21.1. The third-order valence-corrected chi connectivity index (χ3v) is 3.34. The molecule has 11 heteroatoms. The molecule has 7 nitrogen and oxygen atoms in total. The number of hydrogen-bond acceptors (Lipinski definition) is 7. The molecule has 1 heterocycles.